The lowest BCUT2D eigenvalue weighted by molar-refractivity contribution is -0.120. The monoisotopic (exact) mass is 448 g/mol. The van der Waals surface area contributed by atoms with Crippen molar-refractivity contribution in [1.82, 2.24) is 15.6 Å². The summed E-state index contributed by atoms with van der Waals surface area (Å²) >= 11 is 0. The topological polar surface area (TPSA) is 120 Å². The van der Waals surface area contributed by atoms with Crippen LogP contribution in [0.25, 0.3) is 0 Å². The van der Waals surface area contributed by atoms with Crippen LogP contribution in [0.3, 0.4) is 0 Å². The second-order valence-corrected chi connectivity index (χ2v) is 8.92. The van der Waals surface area contributed by atoms with Crippen molar-refractivity contribution in [3.8, 4) is 5.75 Å². The number of carbonyl (C=O) groups is 1. The minimum Gasteiger partial charge on any atom is -0.508 e. The molecule has 0 unspecified atom stereocenters. The Balaban J connectivity index is 1.51. The number of nitrogens with two attached hydrogens (primary N) is 1. The van der Waals surface area contributed by atoms with Crippen LogP contribution in [-0.4, -0.2) is 33.2 Å². The smallest absolute Gasteiger partial charge is 0.224 e. The van der Waals surface area contributed by atoms with Gasteiger partial charge in [0.15, 0.2) is 0 Å². The molecule has 0 spiro atoms. The van der Waals surface area contributed by atoms with Gasteiger partial charge in [-0.05, 0) is 55.2 Å². The number of pyridine rings is 1. The number of nitrogens with one attached hydrogen (secondary N) is 2. The van der Waals surface area contributed by atoms with Crippen LogP contribution in [0.2, 0.25) is 0 Å². The minimum atomic E-state index is -0.682. The lowest BCUT2D eigenvalue weighted by atomic mass is 9.93. The third kappa shape index (κ3) is 7.89. The van der Waals surface area contributed by atoms with Gasteiger partial charge >= 0.3 is 0 Å². The van der Waals surface area contributed by atoms with Gasteiger partial charge in [-0.25, -0.2) is 4.98 Å². The van der Waals surface area contributed by atoms with Gasteiger partial charge in [-0.3, -0.25) is 4.79 Å². The van der Waals surface area contributed by atoms with E-state index >= 15 is 0 Å². The van der Waals surface area contributed by atoms with Crippen molar-refractivity contribution in [2.75, 3.05) is 12.3 Å². The van der Waals surface area contributed by atoms with Gasteiger partial charge in [0, 0.05) is 30.4 Å². The van der Waals surface area contributed by atoms with E-state index in [4.69, 9.17) is 5.73 Å². The molecule has 3 aromatic rings. The number of amides is 1. The van der Waals surface area contributed by atoms with Crippen LogP contribution in [0.5, 0.6) is 5.75 Å². The predicted molar refractivity (Wildman–Crippen MR) is 129 cm³/mol. The van der Waals surface area contributed by atoms with Gasteiger partial charge in [0.25, 0.3) is 0 Å². The van der Waals surface area contributed by atoms with Crippen molar-refractivity contribution in [1.29, 1.82) is 0 Å². The first kappa shape index (κ1) is 24.2. The lowest BCUT2D eigenvalue weighted by Crippen LogP contribution is -2.43. The number of phenols is 1. The van der Waals surface area contributed by atoms with Gasteiger partial charge < -0.3 is 26.6 Å². The summed E-state index contributed by atoms with van der Waals surface area (Å²) in [6.45, 7) is 4.91. The molecule has 7 nitrogen and oxygen atoms in total. The van der Waals surface area contributed by atoms with Gasteiger partial charge in [-0.1, -0.05) is 42.5 Å². The SMILES string of the molecule is CC(C)(Cc1cccc(CC(=O)NCc2cccc(O)c2)c1)NC[C@@H](O)c1ccc(N)nc1. The van der Waals surface area contributed by atoms with E-state index in [1.165, 1.54) is 0 Å². The molecule has 1 aromatic heterocycles. The largest absolute Gasteiger partial charge is 0.508 e. The van der Waals surface area contributed by atoms with E-state index < -0.39 is 6.10 Å². The zero-order chi connectivity index (χ0) is 23.8. The normalized spacial score (nSPS) is 12.3. The number of carbonyl (C=O) groups excluding carboxylic acids is 1. The zero-order valence-electron chi connectivity index (χ0n) is 19.1. The van der Waals surface area contributed by atoms with Crippen LogP contribution in [-0.2, 0) is 24.2 Å². The molecule has 0 saturated carbocycles. The number of aromatic hydroxyl groups is 1. The Morgan fingerprint density at radius 3 is 2.52 bits per heavy atom. The summed E-state index contributed by atoms with van der Waals surface area (Å²) in [6, 6.07) is 18.3. The van der Waals surface area contributed by atoms with Gasteiger partial charge in [0.05, 0.1) is 12.5 Å². The number of anilines is 1. The molecule has 0 aliphatic carbocycles. The number of nitrogens with zero attached hydrogens (tertiary/aromatic N) is 1. The summed E-state index contributed by atoms with van der Waals surface area (Å²) < 4.78 is 0. The summed E-state index contributed by atoms with van der Waals surface area (Å²) in [7, 11) is 0. The number of aromatic nitrogens is 1. The number of hydrogen-bond donors (Lipinski definition) is 5. The molecule has 0 saturated heterocycles. The molecule has 0 fully saturated rings. The summed E-state index contributed by atoms with van der Waals surface area (Å²) in [5.41, 5.74) is 8.94. The Bertz CT molecular complexity index is 1070. The van der Waals surface area contributed by atoms with E-state index in [9.17, 15) is 15.0 Å². The van der Waals surface area contributed by atoms with Gasteiger partial charge in [-0.15, -0.1) is 0 Å². The number of benzene rings is 2. The molecule has 1 heterocycles. The molecule has 0 aliphatic heterocycles. The van der Waals surface area contributed by atoms with Crippen LogP contribution in [0.1, 0.15) is 42.2 Å². The van der Waals surface area contributed by atoms with Gasteiger partial charge in [0.2, 0.25) is 5.91 Å². The fraction of sp³-hybridized carbons (Fsp3) is 0.308. The number of rotatable bonds is 10. The van der Waals surface area contributed by atoms with Crippen molar-refractivity contribution in [3.05, 3.63) is 89.1 Å². The average Bonchev–Trinajstić information content (AvgIpc) is 2.77. The van der Waals surface area contributed by atoms with E-state index in [0.717, 1.165) is 23.1 Å². The highest BCUT2D eigenvalue weighted by atomic mass is 16.3. The van der Waals surface area contributed by atoms with Crippen LogP contribution in [0, 0.1) is 0 Å². The lowest BCUT2D eigenvalue weighted by Gasteiger charge is -2.28. The number of β-amino-alcohol motifs (C(OH)–C–C–N with tert-alkyl or cyclic N) is 1. The molecule has 0 bridgehead atoms. The third-order valence-electron chi connectivity index (χ3n) is 5.37. The summed E-state index contributed by atoms with van der Waals surface area (Å²) in [5, 5.41) is 26.3. The van der Waals surface area contributed by atoms with E-state index in [0.29, 0.717) is 24.5 Å². The maximum absolute atomic E-state index is 12.4. The first-order valence-corrected chi connectivity index (χ1v) is 11.0. The van der Waals surface area contributed by atoms with E-state index in [2.05, 4.69) is 29.5 Å². The number of phenolic OH excluding ortho intramolecular Hbond substituents is 1. The summed E-state index contributed by atoms with van der Waals surface area (Å²) in [4.78, 5) is 16.4. The molecule has 0 aliphatic rings. The maximum Gasteiger partial charge on any atom is 0.224 e. The molecule has 3 rings (SSSR count). The standard InChI is InChI=1S/C26H32N4O3/c1-26(2,30-17-23(32)21-9-10-24(27)28-16-21)14-19-6-3-5-18(11-19)13-25(33)29-15-20-7-4-8-22(31)12-20/h3-12,16,23,30-32H,13-15,17H2,1-2H3,(H2,27,28)(H,29,33)/t23-/m1/s1. The Hall–Kier alpha value is -3.42. The fourth-order valence-electron chi connectivity index (χ4n) is 3.64. The molecule has 1 amide bonds. The second kappa shape index (κ2) is 10.9. The summed E-state index contributed by atoms with van der Waals surface area (Å²) in [6.07, 6.45) is 1.92. The molecular weight excluding hydrogens is 416 g/mol. The molecule has 2 aromatic carbocycles. The number of nitrogen functional groups attached to an aromatic ring is 1. The Kier molecular flexibility index (Phi) is 8.03. The highest BCUT2D eigenvalue weighted by molar-refractivity contribution is 5.78. The highest BCUT2D eigenvalue weighted by Crippen LogP contribution is 2.18. The Morgan fingerprint density at radius 2 is 1.79 bits per heavy atom. The first-order chi connectivity index (χ1) is 15.7. The van der Waals surface area contributed by atoms with Crippen LogP contribution < -0.4 is 16.4 Å². The van der Waals surface area contributed by atoms with E-state index in [1.54, 1.807) is 36.5 Å². The molecular formula is C26H32N4O3. The van der Waals surface area contributed by atoms with Crippen molar-refractivity contribution < 1.29 is 15.0 Å². The van der Waals surface area contributed by atoms with Gasteiger partial charge in [0.1, 0.15) is 11.6 Å². The summed E-state index contributed by atoms with van der Waals surface area (Å²) in [5.74, 6) is 0.531. The molecule has 6 N–H and O–H groups in total. The van der Waals surface area contributed by atoms with Crippen LogP contribution in [0.4, 0.5) is 5.82 Å². The van der Waals surface area contributed by atoms with Crippen molar-refractivity contribution >= 4 is 11.7 Å². The van der Waals surface area contributed by atoms with E-state index in [1.807, 2.05) is 30.3 Å². The molecule has 7 heteroatoms. The van der Waals surface area contributed by atoms with E-state index in [-0.39, 0.29) is 23.6 Å². The number of hydrogen-bond acceptors (Lipinski definition) is 6. The quantitative estimate of drug-likeness (QED) is 0.325. The maximum atomic E-state index is 12.4. The van der Waals surface area contributed by atoms with Crippen molar-refractivity contribution in [3.63, 3.8) is 0 Å². The molecule has 33 heavy (non-hydrogen) atoms. The van der Waals surface area contributed by atoms with Gasteiger partial charge in [-0.2, -0.15) is 0 Å². The minimum absolute atomic E-state index is 0.0758. The number of aliphatic hydroxyl groups is 1. The molecule has 0 radical (unpaired) electrons. The van der Waals surface area contributed by atoms with Crippen molar-refractivity contribution in [2.45, 2.75) is 44.9 Å². The zero-order valence-corrected chi connectivity index (χ0v) is 19.1. The van der Waals surface area contributed by atoms with Crippen LogP contribution in [0.15, 0.2) is 66.9 Å². The molecule has 1 atom stereocenters. The third-order valence-corrected chi connectivity index (χ3v) is 5.37. The highest BCUT2D eigenvalue weighted by Gasteiger charge is 2.20. The predicted octanol–water partition coefficient (Wildman–Crippen LogP) is 2.87. The molecule has 174 valence electrons. The second-order valence-electron chi connectivity index (χ2n) is 8.92. The fourth-order valence-corrected chi connectivity index (χ4v) is 3.64. The first-order valence-electron chi connectivity index (χ1n) is 11.0. The average molecular weight is 449 g/mol. The Morgan fingerprint density at radius 1 is 1.06 bits per heavy atom. The van der Waals surface area contributed by atoms with Crippen LogP contribution >= 0.6 is 0 Å². The van der Waals surface area contributed by atoms with Crippen molar-refractivity contribution in [2.24, 2.45) is 0 Å². The Labute approximate surface area is 194 Å². The number of aliphatic hydroxyl groups excluding tert-OH is 1.